The number of nitrogens with two attached hydrogens (primary N) is 1. The van der Waals surface area contributed by atoms with Crippen molar-refractivity contribution in [2.45, 2.75) is 32.2 Å². The molecule has 1 aromatic carbocycles. The summed E-state index contributed by atoms with van der Waals surface area (Å²) in [6.45, 7) is 2.18. The Morgan fingerprint density at radius 3 is 2.83 bits per heavy atom. The number of esters is 1. The number of carbonyl (C=O) groups excluding carboxylic acids is 1. The van der Waals surface area contributed by atoms with Crippen LogP contribution in [0.4, 0.5) is 0 Å². The molecule has 0 aliphatic heterocycles. The van der Waals surface area contributed by atoms with E-state index in [1.807, 2.05) is 0 Å². The quantitative estimate of drug-likeness (QED) is 0.818. The number of rotatable bonds is 6. The highest BCUT2D eigenvalue weighted by molar-refractivity contribution is 6.33. The van der Waals surface area contributed by atoms with E-state index in [0.29, 0.717) is 35.9 Å². The second-order valence-corrected chi connectivity index (χ2v) is 4.89. The van der Waals surface area contributed by atoms with Crippen molar-refractivity contribution in [2.75, 3.05) is 6.61 Å². The highest BCUT2D eigenvalue weighted by Gasteiger charge is 2.11. The smallest absolute Gasteiger partial charge is 0.305 e. The Labute approximate surface area is 117 Å². The summed E-state index contributed by atoms with van der Waals surface area (Å²) in [6.07, 6.45) is 1.49. The third-order valence-corrected chi connectivity index (χ3v) is 3.12. The van der Waals surface area contributed by atoms with Gasteiger partial charge in [0.25, 0.3) is 0 Å². The van der Waals surface area contributed by atoms with Crippen molar-refractivity contribution in [1.29, 1.82) is 0 Å². The Balaban J connectivity index is 2.46. The molecule has 0 aliphatic carbocycles. The van der Waals surface area contributed by atoms with Gasteiger partial charge in [0, 0.05) is 22.5 Å². The van der Waals surface area contributed by atoms with Crippen molar-refractivity contribution in [3.63, 3.8) is 0 Å². The van der Waals surface area contributed by atoms with Crippen LogP contribution in [0.2, 0.25) is 10.0 Å². The first-order chi connectivity index (χ1) is 8.52. The Hall–Kier alpha value is -0.770. The van der Waals surface area contributed by atoms with Crippen LogP contribution < -0.4 is 5.73 Å². The maximum Gasteiger partial charge on any atom is 0.305 e. The molecular weight excluding hydrogens is 273 g/mol. The van der Waals surface area contributed by atoms with E-state index < -0.39 is 0 Å². The molecule has 1 atom stereocenters. The molecule has 0 amide bonds. The van der Waals surface area contributed by atoms with Gasteiger partial charge < -0.3 is 10.5 Å². The zero-order valence-corrected chi connectivity index (χ0v) is 11.8. The molecule has 0 saturated carbocycles. The predicted molar refractivity (Wildman–Crippen MR) is 74.0 cm³/mol. The molecule has 0 heterocycles. The number of benzene rings is 1. The third-order valence-electron chi connectivity index (χ3n) is 2.51. The molecule has 5 heteroatoms. The lowest BCUT2D eigenvalue weighted by Gasteiger charge is -2.12. The minimum atomic E-state index is -0.217. The van der Waals surface area contributed by atoms with Gasteiger partial charge in [0.15, 0.2) is 0 Å². The highest BCUT2D eigenvalue weighted by Crippen LogP contribution is 2.22. The lowest BCUT2D eigenvalue weighted by molar-refractivity contribution is -0.143. The minimum Gasteiger partial charge on any atom is -0.466 e. The molecule has 18 heavy (non-hydrogen) atoms. The van der Waals surface area contributed by atoms with Gasteiger partial charge >= 0.3 is 5.97 Å². The summed E-state index contributed by atoms with van der Waals surface area (Å²) < 4.78 is 4.84. The lowest BCUT2D eigenvalue weighted by atomic mass is 10.0. The Morgan fingerprint density at radius 2 is 2.17 bits per heavy atom. The van der Waals surface area contributed by atoms with Crippen LogP contribution in [-0.4, -0.2) is 18.6 Å². The van der Waals surface area contributed by atoms with E-state index in [0.717, 1.165) is 5.56 Å². The Kier molecular flexibility index (Phi) is 6.47. The predicted octanol–water partition coefficient (Wildman–Crippen LogP) is 3.21. The van der Waals surface area contributed by atoms with Gasteiger partial charge in [-0.2, -0.15) is 0 Å². The van der Waals surface area contributed by atoms with E-state index in [2.05, 4.69) is 0 Å². The zero-order valence-electron chi connectivity index (χ0n) is 10.3. The van der Waals surface area contributed by atoms with Crippen LogP contribution in [0.5, 0.6) is 0 Å². The number of carbonyl (C=O) groups is 1. The van der Waals surface area contributed by atoms with Gasteiger partial charge in [-0.25, -0.2) is 0 Å². The van der Waals surface area contributed by atoms with Crippen LogP contribution >= 0.6 is 23.2 Å². The summed E-state index contributed by atoms with van der Waals surface area (Å²) in [5.41, 5.74) is 6.86. The second kappa shape index (κ2) is 7.62. The van der Waals surface area contributed by atoms with Gasteiger partial charge in [-0.15, -0.1) is 0 Å². The summed E-state index contributed by atoms with van der Waals surface area (Å²) >= 11 is 11.9. The molecular formula is C13H17Cl2NO2. The summed E-state index contributed by atoms with van der Waals surface area (Å²) in [5.74, 6) is -0.217. The molecule has 100 valence electrons. The van der Waals surface area contributed by atoms with E-state index in [1.54, 1.807) is 25.1 Å². The van der Waals surface area contributed by atoms with E-state index in [-0.39, 0.29) is 12.0 Å². The average Bonchev–Trinajstić information content (AvgIpc) is 2.32. The number of hydrogen-bond acceptors (Lipinski definition) is 3. The SMILES string of the molecule is CCOC(=O)CCC(N)Cc1cc(Cl)ccc1Cl. The molecule has 0 radical (unpaired) electrons. The zero-order chi connectivity index (χ0) is 13.5. The van der Waals surface area contributed by atoms with Gasteiger partial charge in [-0.05, 0) is 43.5 Å². The molecule has 1 rings (SSSR count). The van der Waals surface area contributed by atoms with Gasteiger partial charge in [-0.1, -0.05) is 23.2 Å². The molecule has 1 unspecified atom stereocenters. The van der Waals surface area contributed by atoms with Crippen molar-refractivity contribution >= 4 is 29.2 Å². The van der Waals surface area contributed by atoms with Crippen LogP contribution in [0.25, 0.3) is 0 Å². The summed E-state index contributed by atoms with van der Waals surface area (Å²) in [4.78, 5) is 11.2. The largest absolute Gasteiger partial charge is 0.466 e. The van der Waals surface area contributed by atoms with Gasteiger partial charge in [0.2, 0.25) is 0 Å². The van der Waals surface area contributed by atoms with Crippen LogP contribution in [0.1, 0.15) is 25.3 Å². The second-order valence-electron chi connectivity index (χ2n) is 4.04. The van der Waals surface area contributed by atoms with Crippen LogP contribution in [0.15, 0.2) is 18.2 Å². The molecule has 0 saturated heterocycles. The molecule has 1 aromatic rings. The van der Waals surface area contributed by atoms with Gasteiger partial charge in [-0.3, -0.25) is 4.79 Å². The minimum absolute atomic E-state index is 0.134. The topological polar surface area (TPSA) is 52.3 Å². The van der Waals surface area contributed by atoms with Crippen molar-refractivity contribution in [1.82, 2.24) is 0 Å². The summed E-state index contributed by atoms with van der Waals surface area (Å²) in [7, 11) is 0. The molecule has 3 nitrogen and oxygen atoms in total. The molecule has 0 aliphatic rings. The normalized spacial score (nSPS) is 12.2. The van der Waals surface area contributed by atoms with Crippen LogP contribution in [-0.2, 0) is 16.0 Å². The fourth-order valence-corrected chi connectivity index (χ4v) is 2.01. The lowest BCUT2D eigenvalue weighted by Crippen LogP contribution is -2.24. The Bertz CT molecular complexity index is 410. The molecule has 0 spiro atoms. The molecule has 0 bridgehead atoms. The fourth-order valence-electron chi connectivity index (χ4n) is 1.62. The third kappa shape index (κ3) is 5.25. The van der Waals surface area contributed by atoms with Crippen LogP contribution in [0, 0.1) is 0 Å². The number of hydrogen-bond donors (Lipinski definition) is 1. The monoisotopic (exact) mass is 289 g/mol. The first-order valence-electron chi connectivity index (χ1n) is 5.88. The highest BCUT2D eigenvalue weighted by atomic mass is 35.5. The van der Waals surface area contributed by atoms with Crippen molar-refractivity contribution < 1.29 is 9.53 Å². The fraction of sp³-hybridized carbons (Fsp3) is 0.462. The summed E-state index contributed by atoms with van der Waals surface area (Å²) in [6, 6.07) is 5.15. The molecule has 0 aromatic heterocycles. The average molecular weight is 290 g/mol. The maximum absolute atomic E-state index is 11.2. The van der Waals surface area contributed by atoms with Crippen molar-refractivity contribution in [3.05, 3.63) is 33.8 Å². The van der Waals surface area contributed by atoms with Crippen molar-refractivity contribution in [3.8, 4) is 0 Å². The standard InChI is InChI=1S/C13H17Cl2NO2/c1-2-18-13(17)6-4-11(16)8-9-7-10(14)3-5-12(9)15/h3,5,7,11H,2,4,6,8,16H2,1H3. The molecule has 2 N–H and O–H groups in total. The van der Waals surface area contributed by atoms with Crippen molar-refractivity contribution in [2.24, 2.45) is 5.73 Å². The summed E-state index contributed by atoms with van der Waals surface area (Å²) in [5, 5.41) is 1.28. The maximum atomic E-state index is 11.2. The molecule has 0 fully saturated rings. The van der Waals surface area contributed by atoms with E-state index in [1.165, 1.54) is 0 Å². The van der Waals surface area contributed by atoms with Gasteiger partial charge in [0.05, 0.1) is 6.61 Å². The number of halogens is 2. The van der Waals surface area contributed by atoms with E-state index in [4.69, 9.17) is 33.7 Å². The van der Waals surface area contributed by atoms with Crippen LogP contribution in [0.3, 0.4) is 0 Å². The van der Waals surface area contributed by atoms with E-state index in [9.17, 15) is 4.79 Å². The van der Waals surface area contributed by atoms with Gasteiger partial charge in [0.1, 0.15) is 0 Å². The Morgan fingerprint density at radius 1 is 1.44 bits per heavy atom. The number of ether oxygens (including phenoxy) is 1. The van der Waals surface area contributed by atoms with E-state index >= 15 is 0 Å². The first kappa shape index (κ1) is 15.3. The first-order valence-corrected chi connectivity index (χ1v) is 6.63.